The molecule has 0 spiro atoms. The summed E-state index contributed by atoms with van der Waals surface area (Å²) in [5.74, 6) is 1.48. The second kappa shape index (κ2) is 10.4. The lowest BCUT2D eigenvalue weighted by molar-refractivity contribution is -0.218. The predicted octanol–water partition coefficient (Wildman–Crippen LogP) is 4.67. The van der Waals surface area contributed by atoms with Gasteiger partial charge in [-0.3, -0.25) is 19.2 Å². The van der Waals surface area contributed by atoms with Crippen LogP contribution in [0.4, 0.5) is 0 Å². The fourth-order valence-electron chi connectivity index (χ4n) is 9.29. The first-order valence-electron chi connectivity index (χ1n) is 13.2. The molecule has 4 aliphatic carbocycles. The second-order valence-electron chi connectivity index (χ2n) is 12.0. The van der Waals surface area contributed by atoms with Gasteiger partial charge < -0.3 is 14.2 Å². The van der Waals surface area contributed by atoms with Crippen molar-refractivity contribution in [1.29, 1.82) is 0 Å². The lowest BCUT2D eigenvalue weighted by Crippen LogP contribution is -2.63. The van der Waals surface area contributed by atoms with Crippen LogP contribution >= 0.6 is 11.6 Å². The first-order chi connectivity index (χ1) is 16.7. The minimum absolute atomic E-state index is 0.00325. The van der Waals surface area contributed by atoms with Crippen LogP contribution in [0.2, 0.25) is 0 Å². The SMILES string of the molecule is C[C@H](CCC(=O)Cl)[C@H]1CC[C@H]2[C@@H]3[C@H](OC=O)C[C@@H]4C[C@H](OC=O)CC[C@]4(C)[C@H]3C[C@H](OC=O)[C@]12C. The van der Waals surface area contributed by atoms with Gasteiger partial charge in [-0.25, -0.2) is 0 Å². The van der Waals surface area contributed by atoms with Crippen LogP contribution in [0.5, 0.6) is 0 Å². The number of fused-ring (bicyclic) bond motifs is 5. The Kier molecular flexibility index (Phi) is 7.85. The molecular weight excluding hydrogens is 472 g/mol. The van der Waals surface area contributed by atoms with E-state index in [0.717, 1.165) is 44.9 Å². The van der Waals surface area contributed by atoms with E-state index in [2.05, 4.69) is 20.8 Å². The van der Waals surface area contributed by atoms with Crippen LogP contribution in [0.1, 0.15) is 78.6 Å². The molecule has 4 fully saturated rings. The van der Waals surface area contributed by atoms with Crippen LogP contribution < -0.4 is 0 Å². The zero-order valence-electron chi connectivity index (χ0n) is 21.0. The molecule has 0 aromatic carbocycles. The Balaban J connectivity index is 1.68. The summed E-state index contributed by atoms with van der Waals surface area (Å²) < 4.78 is 17.0. The van der Waals surface area contributed by atoms with Crippen LogP contribution in [0.25, 0.3) is 0 Å². The third-order valence-electron chi connectivity index (χ3n) is 10.9. The Labute approximate surface area is 212 Å². The minimum Gasteiger partial charge on any atom is -0.465 e. The van der Waals surface area contributed by atoms with Crippen molar-refractivity contribution in [2.75, 3.05) is 0 Å². The summed E-state index contributed by atoms with van der Waals surface area (Å²) in [6.07, 6.45) is 6.51. The molecular formula is C27H39ClO7. The highest BCUT2D eigenvalue weighted by molar-refractivity contribution is 6.63. The van der Waals surface area contributed by atoms with Gasteiger partial charge in [0.25, 0.3) is 19.4 Å². The number of ether oxygens (including phenoxy) is 3. The van der Waals surface area contributed by atoms with E-state index >= 15 is 0 Å². The van der Waals surface area contributed by atoms with Crippen LogP contribution in [0.3, 0.4) is 0 Å². The molecule has 4 saturated carbocycles. The van der Waals surface area contributed by atoms with E-state index in [1.165, 1.54) is 0 Å². The summed E-state index contributed by atoms with van der Waals surface area (Å²) in [7, 11) is 0. The van der Waals surface area contributed by atoms with Gasteiger partial charge in [-0.1, -0.05) is 20.8 Å². The normalized spacial score (nSPS) is 45.1. The zero-order valence-corrected chi connectivity index (χ0v) is 21.8. The molecule has 196 valence electrons. The van der Waals surface area contributed by atoms with Crippen LogP contribution in [0.15, 0.2) is 0 Å². The minimum atomic E-state index is -0.319. The van der Waals surface area contributed by atoms with Gasteiger partial charge in [-0.05, 0) is 98.0 Å². The second-order valence-corrected chi connectivity index (χ2v) is 12.4. The smallest absolute Gasteiger partial charge is 0.293 e. The van der Waals surface area contributed by atoms with Crippen molar-refractivity contribution in [3.63, 3.8) is 0 Å². The van der Waals surface area contributed by atoms with E-state index < -0.39 is 0 Å². The zero-order chi connectivity index (χ0) is 25.4. The van der Waals surface area contributed by atoms with Crippen molar-refractivity contribution in [2.45, 2.75) is 96.9 Å². The molecule has 0 radical (unpaired) electrons. The number of hydrogen-bond acceptors (Lipinski definition) is 7. The van der Waals surface area contributed by atoms with Crippen molar-refractivity contribution < 1.29 is 33.4 Å². The highest BCUT2D eigenvalue weighted by atomic mass is 35.5. The lowest BCUT2D eigenvalue weighted by Gasteiger charge is -2.64. The van der Waals surface area contributed by atoms with Crippen LogP contribution in [-0.4, -0.2) is 43.0 Å². The van der Waals surface area contributed by atoms with Crippen molar-refractivity contribution in [2.24, 2.45) is 46.3 Å². The third-order valence-corrected chi connectivity index (χ3v) is 11.1. The summed E-state index contributed by atoms with van der Waals surface area (Å²) in [6, 6.07) is 0. The average Bonchev–Trinajstić information content (AvgIpc) is 3.17. The molecule has 0 aliphatic heterocycles. The summed E-state index contributed by atoms with van der Waals surface area (Å²) in [4.78, 5) is 45.7. The first-order valence-corrected chi connectivity index (χ1v) is 13.5. The maximum absolute atomic E-state index is 11.7. The van der Waals surface area contributed by atoms with E-state index in [-0.39, 0.29) is 69.9 Å². The molecule has 0 N–H and O–H groups in total. The highest BCUT2D eigenvalue weighted by Gasteiger charge is 2.67. The molecule has 0 amide bonds. The monoisotopic (exact) mass is 510 g/mol. The molecule has 0 aromatic rings. The molecule has 8 heteroatoms. The van der Waals surface area contributed by atoms with Gasteiger partial charge in [0.2, 0.25) is 5.24 Å². The van der Waals surface area contributed by atoms with Gasteiger partial charge in [0.1, 0.15) is 18.3 Å². The topological polar surface area (TPSA) is 96.0 Å². The maximum Gasteiger partial charge on any atom is 0.293 e. The fraction of sp³-hybridized carbons (Fsp3) is 0.852. The van der Waals surface area contributed by atoms with Crippen molar-refractivity contribution >= 4 is 36.3 Å². The number of rotatable bonds is 10. The molecule has 0 heterocycles. The number of hydrogen-bond donors (Lipinski definition) is 0. The summed E-state index contributed by atoms with van der Waals surface area (Å²) in [5.41, 5.74) is -0.265. The number of halogens is 1. The highest BCUT2D eigenvalue weighted by Crippen LogP contribution is 2.69. The quantitative estimate of drug-likeness (QED) is 0.239. The van der Waals surface area contributed by atoms with Gasteiger partial charge in [-0.2, -0.15) is 0 Å². The Morgan fingerprint density at radius 3 is 2.34 bits per heavy atom. The van der Waals surface area contributed by atoms with E-state index in [9.17, 15) is 19.2 Å². The largest absolute Gasteiger partial charge is 0.465 e. The van der Waals surface area contributed by atoms with Crippen LogP contribution in [-0.2, 0) is 33.4 Å². The molecule has 0 unspecified atom stereocenters. The Morgan fingerprint density at radius 1 is 0.971 bits per heavy atom. The van der Waals surface area contributed by atoms with E-state index in [4.69, 9.17) is 25.8 Å². The van der Waals surface area contributed by atoms with Gasteiger partial charge in [-0.15, -0.1) is 0 Å². The molecule has 7 nitrogen and oxygen atoms in total. The molecule has 35 heavy (non-hydrogen) atoms. The Bertz CT molecular complexity index is 819. The van der Waals surface area contributed by atoms with E-state index in [1.54, 1.807) is 0 Å². The molecule has 4 rings (SSSR count). The van der Waals surface area contributed by atoms with Gasteiger partial charge in [0, 0.05) is 17.8 Å². The van der Waals surface area contributed by atoms with Crippen molar-refractivity contribution in [3.05, 3.63) is 0 Å². The Morgan fingerprint density at radius 2 is 1.69 bits per heavy atom. The Hall–Kier alpha value is -1.63. The fourth-order valence-corrected chi connectivity index (χ4v) is 9.40. The van der Waals surface area contributed by atoms with E-state index in [1.807, 2.05) is 0 Å². The predicted molar refractivity (Wildman–Crippen MR) is 128 cm³/mol. The molecule has 0 saturated heterocycles. The number of carbonyl (C=O) groups excluding carboxylic acids is 4. The first kappa shape index (κ1) is 26.4. The summed E-state index contributed by atoms with van der Waals surface area (Å²) in [6.45, 7) is 8.47. The molecule has 0 bridgehead atoms. The standard InChI is InChI=1S/C27H39ClO7/c1-16(4-7-24(28)32)19-5-6-20-25-21(12-23(35-15-31)27(19,20)3)26(2)9-8-18(33-13-29)10-17(26)11-22(25)34-14-30/h13-23,25H,4-12H2,1-3H3/t16-,17+,18-,19-,20+,21+,22-,23+,25+,26+,27-/m1/s1. The van der Waals surface area contributed by atoms with E-state index in [0.29, 0.717) is 32.3 Å². The molecule has 4 aliphatic rings. The van der Waals surface area contributed by atoms with Gasteiger partial charge in [0.05, 0.1) is 0 Å². The summed E-state index contributed by atoms with van der Waals surface area (Å²) in [5, 5.41) is -0.319. The average molecular weight is 511 g/mol. The molecule has 0 aromatic heterocycles. The lowest BCUT2D eigenvalue weighted by atomic mass is 9.43. The number of carbonyl (C=O) groups is 4. The van der Waals surface area contributed by atoms with Crippen LogP contribution in [0, 0.1) is 46.3 Å². The van der Waals surface area contributed by atoms with Crippen molar-refractivity contribution in [3.8, 4) is 0 Å². The summed E-state index contributed by atoms with van der Waals surface area (Å²) >= 11 is 5.65. The third kappa shape index (κ3) is 4.51. The molecule has 11 atom stereocenters. The van der Waals surface area contributed by atoms with Crippen molar-refractivity contribution in [1.82, 2.24) is 0 Å². The van der Waals surface area contributed by atoms with Gasteiger partial charge >= 0.3 is 0 Å². The maximum atomic E-state index is 11.7. The van der Waals surface area contributed by atoms with Gasteiger partial charge in [0.15, 0.2) is 0 Å².